The van der Waals surface area contributed by atoms with E-state index in [2.05, 4.69) is 10.4 Å². The fourth-order valence-corrected chi connectivity index (χ4v) is 2.76. The van der Waals surface area contributed by atoms with E-state index in [1.54, 1.807) is 39.8 Å². The molecule has 0 saturated heterocycles. The Labute approximate surface area is 153 Å². The molecule has 0 unspecified atom stereocenters. The van der Waals surface area contributed by atoms with Gasteiger partial charge in [-0.1, -0.05) is 6.07 Å². The van der Waals surface area contributed by atoms with Gasteiger partial charge in [0.1, 0.15) is 17.2 Å². The van der Waals surface area contributed by atoms with Crippen molar-refractivity contribution in [2.75, 3.05) is 5.32 Å². The smallest absolute Gasteiger partial charge is 0.261 e. The van der Waals surface area contributed by atoms with Crippen molar-refractivity contribution in [3.05, 3.63) is 96.5 Å². The fourth-order valence-electron chi connectivity index (χ4n) is 2.76. The van der Waals surface area contributed by atoms with E-state index in [1.165, 1.54) is 36.5 Å². The van der Waals surface area contributed by atoms with Gasteiger partial charge in [0.05, 0.1) is 11.9 Å². The summed E-state index contributed by atoms with van der Waals surface area (Å²) in [7, 11) is 0. The zero-order valence-electron chi connectivity index (χ0n) is 14.0. The summed E-state index contributed by atoms with van der Waals surface area (Å²) in [5.74, 6) is -0.754. The van der Waals surface area contributed by atoms with Gasteiger partial charge in [-0.15, -0.1) is 0 Å². The van der Waals surface area contributed by atoms with Crippen LogP contribution in [0.2, 0.25) is 0 Å². The summed E-state index contributed by atoms with van der Waals surface area (Å²) in [4.78, 5) is 12.8. The largest absolute Gasteiger partial charge is 0.322 e. The summed E-state index contributed by atoms with van der Waals surface area (Å²) in [5, 5.41) is 6.96. The second-order valence-corrected chi connectivity index (χ2v) is 5.82. The monoisotopic (exact) mass is 364 g/mol. The average molecular weight is 364 g/mol. The maximum Gasteiger partial charge on any atom is 0.261 e. The molecule has 134 valence electrons. The molecule has 0 aliphatic rings. The maximum absolute atomic E-state index is 13.4. The van der Waals surface area contributed by atoms with Crippen molar-refractivity contribution >= 4 is 11.6 Å². The number of amides is 1. The Hall–Kier alpha value is -3.74. The van der Waals surface area contributed by atoms with E-state index >= 15 is 0 Å². The molecule has 0 spiro atoms. The summed E-state index contributed by atoms with van der Waals surface area (Å²) in [5.41, 5.74) is 1.23. The minimum Gasteiger partial charge on any atom is -0.322 e. The summed E-state index contributed by atoms with van der Waals surface area (Å²) < 4.78 is 29.9. The van der Waals surface area contributed by atoms with Crippen molar-refractivity contribution in [2.45, 2.75) is 0 Å². The highest BCUT2D eigenvalue weighted by Gasteiger charge is 2.20. The number of carbonyl (C=O) groups excluding carboxylic acids is 1. The van der Waals surface area contributed by atoms with E-state index in [-0.39, 0.29) is 5.82 Å². The molecule has 2 aromatic carbocycles. The van der Waals surface area contributed by atoms with Gasteiger partial charge in [0.15, 0.2) is 5.82 Å². The highest BCUT2D eigenvalue weighted by molar-refractivity contribution is 6.06. The van der Waals surface area contributed by atoms with Crippen LogP contribution in [0.5, 0.6) is 0 Å². The number of carbonyl (C=O) groups is 1. The third kappa shape index (κ3) is 3.35. The lowest BCUT2D eigenvalue weighted by atomic mass is 10.2. The first-order valence-electron chi connectivity index (χ1n) is 8.16. The molecule has 2 heterocycles. The van der Waals surface area contributed by atoms with Crippen LogP contribution in [0.3, 0.4) is 0 Å². The standard InChI is InChI=1S/C20H14F2N4O/c21-14-6-8-17(9-7-14)26-20(25-10-1-2-11-25)18(13-23-26)19(27)24-16-5-3-4-15(22)12-16/h1-13H,(H,24,27). The molecule has 7 heteroatoms. The SMILES string of the molecule is O=C(Nc1cccc(F)c1)c1cnn(-c2ccc(F)cc2)c1-n1cccc1. The Kier molecular flexibility index (Phi) is 4.25. The first-order chi connectivity index (χ1) is 13.1. The third-order valence-corrected chi connectivity index (χ3v) is 3.99. The molecule has 0 saturated carbocycles. The quantitative estimate of drug-likeness (QED) is 0.590. The van der Waals surface area contributed by atoms with Crippen molar-refractivity contribution in [1.29, 1.82) is 0 Å². The van der Waals surface area contributed by atoms with Crippen LogP contribution in [0.1, 0.15) is 10.4 Å². The molecule has 4 rings (SSSR count). The number of halogens is 2. The van der Waals surface area contributed by atoms with Gasteiger partial charge in [0.25, 0.3) is 5.91 Å². The highest BCUT2D eigenvalue weighted by atomic mass is 19.1. The normalized spacial score (nSPS) is 10.7. The molecule has 1 amide bonds. The molecule has 4 aromatic rings. The minimum absolute atomic E-state index is 0.291. The molecular weight excluding hydrogens is 350 g/mol. The van der Waals surface area contributed by atoms with E-state index in [4.69, 9.17) is 0 Å². The Morgan fingerprint density at radius 2 is 1.67 bits per heavy atom. The lowest BCUT2D eigenvalue weighted by Gasteiger charge is -2.11. The predicted molar refractivity (Wildman–Crippen MR) is 97.2 cm³/mol. The number of nitrogens with one attached hydrogen (secondary N) is 1. The number of hydrogen-bond donors (Lipinski definition) is 1. The average Bonchev–Trinajstić information content (AvgIpc) is 3.32. The van der Waals surface area contributed by atoms with Crippen LogP contribution < -0.4 is 5.32 Å². The summed E-state index contributed by atoms with van der Waals surface area (Å²) in [6, 6.07) is 15.1. The molecule has 0 aliphatic carbocycles. The maximum atomic E-state index is 13.4. The fraction of sp³-hybridized carbons (Fsp3) is 0. The van der Waals surface area contributed by atoms with E-state index < -0.39 is 11.7 Å². The van der Waals surface area contributed by atoms with Gasteiger partial charge in [-0.25, -0.2) is 13.5 Å². The van der Waals surface area contributed by atoms with Crippen LogP contribution in [0.25, 0.3) is 11.5 Å². The molecule has 27 heavy (non-hydrogen) atoms. The second-order valence-electron chi connectivity index (χ2n) is 5.82. The van der Waals surface area contributed by atoms with Crippen LogP contribution in [-0.4, -0.2) is 20.3 Å². The van der Waals surface area contributed by atoms with Crippen LogP contribution in [0.15, 0.2) is 79.3 Å². The van der Waals surface area contributed by atoms with Crippen molar-refractivity contribution in [3.8, 4) is 11.5 Å². The molecule has 0 atom stereocenters. The molecule has 0 radical (unpaired) electrons. The van der Waals surface area contributed by atoms with Crippen LogP contribution in [0, 0.1) is 11.6 Å². The predicted octanol–water partition coefficient (Wildman–Crippen LogP) is 4.19. The lowest BCUT2D eigenvalue weighted by molar-refractivity contribution is 0.102. The number of anilines is 1. The van der Waals surface area contributed by atoms with Gasteiger partial charge in [0.2, 0.25) is 0 Å². The van der Waals surface area contributed by atoms with Gasteiger partial charge in [-0.2, -0.15) is 5.10 Å². The number of hydrogen-bond acceptors (Lipinski definition) is 2. The minimum atomic E-state index is -0.444. The van der Waals surface area contributed by atoms with Crippen molar-refractivity contribution in [3.63, 3.8) is 0 Å². The van der Waals surface area contributed by atoms with Crippen LogP contribution in [0.4, 0.5) is 14.5 Å². The second kappa shape index (κ2) is 6.87. The number of aromatic nitrogens is 3. The van der Waals surface area contributed by atoms with E-state index in [9.17, 15) is 13.6 Å². The van der Waals surface area contributed by atoms with Gasteiger partial charge in [-0.3, -0.25) is 4.79 Å². The van der Waals surface area contributed by atoms with Crippen molar-refractivity contribution in [2.24, 2.45) is 0 Å². The highest BCUT2D eigenvalue weighted by Crippen LogP contribution is 2.21. The molecule has 0 fully saturated rings. The Balaban J connectivity index is 1.77. The third-order valence-electron chi connectivity index (χ3n) is 3.99. The Bertz CT molecular complexity index is 1090. The summed E-state index contributed by atoms with van der Waals surface area (Å²) in [6.07, 6.45) is 4.97. The number of nitrogens with zero attached hydrogens (tertiary/aromatic N) is 3. The molecule has 2 aromatic heterocycles. The first kappa shape index (κ1) is 16.7. The number of benzene rings is 2. The van der Waals surface area contributed by atoms with E-state index in [0.29, 0.717) is 22.8 Å². The van der Waals surface area contributed by atoms with Gasteiger partial charge < -0.3 is 9.88 Å². The Morgan fingerprint density at radius 3 is 2.37 bits per heavy atom. The van der Waals surface area contributed by atoms with Gasteiger partial charge in [0, 0.05) is 18.1 Å². The van der Waals surface area contributed by atoms with E-state index in [1.807, 2.05) is 12.1 Å². The molecule has 0 aliphatic heterocycles. The van der Waals surface area contributed by atoms with Gasteiger partial charge >= 0.3 is 0 Å². The topological polar surface area (TPSA) is 51.9 Å². The zero-order valence-corrected chi connectivity index (χ0v) is 14.0. The lowest BCUT2D eigenvalue weighted by Crippen LogP contribution is -2.15. The number of rotatable bonds is 4. The first-order valence-corrected chi connectivity index (χ1v) is 8.16. The van der Waals surface area contributed by atoms with Crippen LogP contribution in [-0.2, 0) is 0 Å². The zero-order chi connectivity index (χ0) is 18.8. The van der Waals surface area contributed by atoms with Crippen LogP contribution >= 0.6 is 0 Å². The molecular formula is C20H14F2N4O. The molecule has 1 N–H and O–H groups in total. The van der Waals surface area contributed by atoms with E-state index in [0.717, 1.165) is 0 Å². The van der Waals surface area contributed by atoms with Crippen molar-refractivity contribution in [1.82, 2.24) is 14.3 Å². The molecule has 5 nitrogen and oxygen atoms in total. The summed E-state index contributed by atoms with van der Waals surface area (Å²) >= 11 is 0. The Morgan fingerprint density at radius 1 is 0.926 bits per heavy atom. The summed E-state index contributed by atoms with van der Waals surface area (Å²) in [6.45, 7) is 0. The van der Waals surface area contributed by atoms with Gasteiger partial charge in [-0.05, 0) is 54.6 Å². The molecule has 0 bridgehead atoms. The van der Waals surface area contributed by atoms with Crippen molar-refractivity contribution < 1.29 is 13.6 Å².